The molecule has 0 rings (SSSR count). The Bertz CT molecular complexity index is 57.1. The van der Waals surface area contributed by atoms with E-state index in [0.717, 1.165) is 6.42 Å². The summed E-state index contributed by atoms with van der Waals surface area (Å²) in [4.78, 5) is 0. The lowest BCUT2D eigenvalue weighted by molar-refractivity contribution is 0.988. The van der Waals surface area contributed by atoms with Crippen LogP contribution in [0.25, 0.3) is 0 Å². The lowest BCUT2D eigenvalue weighted by Gasteiger charge is -1.65. The molecule has 0 saturated heterocycles. The van der Waals surface area contributed by atoms with Gasteiger partial charge in [-0.3, -0.25) is 0 Å². The Morgan fingerprint density at radius 2 is 2.50 bits per heavy atom. The van der Waals surface area contributed by atoms with Crippen molar-refractivity contribution in [2.45, 2.75) is 13.3 Å². The SMILES string of the molecule is CC/C=N/N=N. The Morgan fingerprint density at radius 3 is 2.67 bits per heavy atom. The van der Waals surface area contributed by atoms with Crippen molar-refractivity contribution in [3.63, 3.8) is 0 Å². The van der Waals surface area contributed by atoms with Gasteiger partial charge in [-0.15, -0.1) is 5.10 Å². The molecule has 0 bridgehead atoms. The lowest BCUT2D eigenvalue weighted by atomic mass is 10.6. The van der Waals surface area contributed by atoms with Crippen LogP contribution in [-0.4, -0.2) is 6.21 Å². The maximum Gasteiger partial charge on any atom is 0.0285 e. The van der Waals surface area contributed by atoms with Crippen LogP contribution in [0.2, 0.25) is 0 Å². The molecule has 0 aliphatic carbocycles. The fraction of sp³-hybridized carbons (Fsp3) is 0.667. The van der Waals surface area contributed by atoms with E-state index in [1.165, 1.54) is 0 Å². The first kappa shape index (κ1) is 5.27. The van der Waals surface area contributed by atoms with E-state index < -0.39 is 0 Å². The summed E-state index contributed by atoms with van der Waals surface area (Å²) in [7, 11) is 0. The normalized spacial score (nSPS) is 9.50. The fourth-order valence-electron chi connectivity index (χ4n) is 0.122. The molecule has 0 radical (unpaired) electrons. The Balaban J connectivity index is 2.94. The Kier molecular flexibility index (Phi) is 3.75. The van der Waals surface area contributed by atoms with Crippen molar-refractivity contribution < 1.29 is 0 Å². The molecule has 34 valence electrons. The van der Waals surface area contributed by atoms with E-state index in [-0.39, 0.29) is 0 Å². The summed E-state index contributed by atoms with van der Waals surface area (Å²) in [5.41, 5.74) is 6.13. The van der Waals surface area contributed by atoms with E-state index in [4.69, 9.17) is 5.53 Å². The minimum absolute atomic E-state index is 0.850. The topological polar surface area (TPSA) is 48.6 Å². The minimum atomic E-state index is 0.850. The zero-order valence-corrected chi connectivity index (χ0v) is 3.68. The Hall–Kier alpha value is -0.730. The van der Waals surface area contributed by atoms with Crippen LogP contribution in [0.15, 0.2) is 10.3 Å². The second kappa shape index (κ2) is 4.27. The van der Waals surface area contributed by atoms with Crippen LogP contribution in [0.3, 0.4) is 0 Å². The van der Waals surface area contributed by atoms with Crippen molar-refractivity contribution in [3.8, 4) is 0 Å². The lowest BCUT2D eigenvalue weighted by Crippen LogP contribution is -1.59. The van der Waals surface area contributed by atoms with E-state index in [2.05, 4.69) is 10.3 Å². The highest BCUT2D eigenvalue weighted by Gasteiger charge is 1.57. The largest absolute Gasteiger partial charge is 0.185 e. The highest BCUT2D eigenvalue weighted by Crippen LogP contribution is 1.67. The molecule has 0 fully saturated rings. The van der Waals surface area contributed by atoms with Crippen molar-refractivity contribution in [1.29, 1.82) is 5.53 Å². The second-order valence-corrected chi connectivity index (χ2v) is 0.806. The highest BCUT2D eigenvalue weighted by atomic mass is 15.3. The number of hydrogen-bond acceptors (Lipinski definition) is 2. The van der Waals surface area contributed by atoms with Crippen LogP contribution in [0.1, 0.15) is 13.3 Å². The van der Waals surface area contributed by atoms with Crippen LogP contribution in [0, 0.1) is 5.53 Å². The van der Waals surface area contributed by atoms with E-state index in [1.54, 1.807) is 6.21 Å². The van der Waals surface area contributed by atoms with E-state index in [9.17, 15) is 0 Å². The fourth-order valence-corrected chi connectivity index (χ4v) is 0.122. The molecule has 1 N–H and O–H groups in total. The molecule has 0 aliphatic rings. The molecule has 0 aromatic carbocycles. The molecule has 0 aromatic heterocycles. The van der Waals surface area contributed by atoms with Gasteiger partial charge in [-0.2, -0.15) is 5.53 Å². The van der Waals surface area contributed by atoms with Crippen molar-refractivity contribution >= 4 is 6.21 Å². The molecule has 3 heteroatoms. The smallest absolute Gasteiger partial charge is 0.0285 e. The van der Waals surface area contributed by atoms with Gasteiger partial charge in [-0.25, -0.2) is 0 Å². The van der Waals surface area contributed by atoms with Gasteiger partial charge in [0.1, 0.15) is 0 Å². The molecule has 0 amide bonds. The second-order valence-electron chi connectivity index (χ2n) is 0.806. The number of rotatable bonds is 2. The number of nitrogens with zero attached hydrogens (tertiary/aromatic N) is 2. The van der Waals surface area contributed by atoms with Crippen LogP contribution < -0.4 is 0 Å². The average Bonchev–Trinajstić information content (AvgIpc) is 1.61. The maximum atomic E-state index is 6.13. The molecule has 0 spiro atoms. The summed E-state index contributed by atoms with van der Waals surface area (Å²) in [6.07, 6.45) is 2.43. The predicted octanol–water partition coefficient (Wildman–Crippen LogP) is 1.41. The summed E-state index contributed by atoms with van der Waals surface area (Å²) in [6, 6.07) is 0. The summed E-state index contributed by atoms with van der Waals surface area (Å²) in [5, 5.41) is 6.00. The zero-order valence-electron chi connectivity index (χ0n) is 3.68. The van der Waals surface area contributed by atoms with Gasteiger partial charge in [0.05, 0.1) is 0 Å². The number of nitrogens with one attached hydrogen (secondary N) is 1. The first-order valence-electron chi connectivity index (χ1n) is 1.80. The third-order valence-electron chi connectivity index (χ3n) is 0.322. The van der Waals surface area contributed by atoms with Gasteiger partial charge >= 0.3 is 0 Å². The van der Waals surface area contributed by atoms with E-state index in [1.807, 2.05) is 6.92 Å². The maximum absolute atomic E-state index is 6.13. The molecular formula is C3H7N3. The summed E-state index contributed by atoms with van der Waals surface area (Å²) < 4.78 is 0. The van der Waals surface area contributed by atoms with Crippen molar-refractivity contribution in [1.82, 2.24) is 0 Å². The standard InChI is InChI=1S/C3H7N3/c1-2-3-5-6-4/h3-4H,2H2,1H3/b5-3+,6-4?. The van der Waals surface area contributed by atoms with Gasteiger partial charge in [0, 0.05) is 6.21 Å². The van der Waals surface area contributed by atoms with Gasteiger partial charge in [0.15, 0.2) is 0 Å². The summed E-state index contributed by atoms with van der Waals surface area (Å²) in [6.45, 7) is 1.94. The van der Waals surface area contributed by atoms with Crippen LogP contribution in [0.5, 0.6) is 0 Å². The molecular weight excluding hydrogens is 78.1 g/mol. The Labute approximate surface area is 36.6 Å². The first-order valence-corrected chi connectivity index (χ1v) is 1.80. The van der Waals surface area contributed by atoms with Gasteiger partial charge < -0.3 is 0 Å². The molecule has 0 heterocycles. The summed E-state index contributed by atoms with van der Waals surface area (Å²) in [5.74, 6) is 0. The minimum Gasteiger partial charge on any atom is -0.185 e. The van der Waals surface area contributed by atoms with E-state index in [0.29, 0.717) is 0 Å². The Morgan fingerprint density at radius 1 is 1.83 bits per heavy atom. The van der Waals surface area contributed by atoms with Crippen molar-refractivity contribution in [2.24, 2.45) is 10.3 Å². The average molecular weight is 85.1 g/mol. The van der Waals surface area contributed by atoms with Crippen molar-refractivity contribution in [2.75, 3.05) is 0 Å². The highest BCUT2D eigenvalue weighted by molar-refractivity contribution is 5.55. The molecule has 3 nitrogen and oxygen atoms in total. The third-order valence-corrected chi connectivity index (χ3v) is 0.322. The molecule has 6 heavy (non-hydrogen) atoms. The number of hydrogen-bond donors (Lipinski definition) is 1. The monoisotopic (exact) mass is 85.1 g/mol. The van der Waals surface area contributed by atoms with Crippen LogP contribution in [0.4, 0.5) is 0 Å². The van der Waals surface area contributed by atoms with Gasteiger partial charge in [0.25, 0.3) is 0 Å². The molecule has 0 aliphatic heterocycles. The quantitative estimate of drug-likeness (QED) is 0.299. The van der Waals surface area contributed by atoms with Gasteiger partial charge in [-0.1, -0.05) is 12.1 Å². The van der Waals surface area contributed by atoms with Gasteiger partial charge in [-0.05, 0) is 6.42 Å². The zero-order chi connectivity index (χ0) is 4.83. The molecule has 0 unspecified atom stereocenters. The van der Waals surface area contributed by atoms with Crippen LogP contribution in [-0.2, 0) is 0 Å². The predicted molar refractivity (Wildman–Crippen MR) is 23.9 cm³/mol. The van der Waals surface area contributed by atoms with Gasteiger partial charge in [0.2, 0.25) is 0 Å². The molecule has 0 saturated carbocycles. The molecule has 0 aromatic rings. The van der Waals surface area contributed by atoms with E-state index >= 15 is 0 Å². The first-order chi connectivity index (χ1) is 2.91. The van der Waals surface area contributed by atoms with Crippen molar-refractivity contribution in [3.05, 3.63) is 0 Å². The third kappa shape index (κ3) is 3.27. The molecule has 0 atom stereocenters. The summed E-state index contributed by atoms with van der Waals surface area (Å²) >= 11 is 0. The van der Waals surface area contributed by atoms with Crippen LogP contribution >= 0.6 is 0 Å².